The van der Waals surface area contributed by atoms with Crippen LogP contribution >= 0.6 is 0 Å². The number of quaternary nitrogens is 1. The summed E-state index contributed by atoms with van der Waals surface area (Å²) in [5.74, 6) is 1.88. The lowest BCUT2D eigenvalue weighted by atomic mass is 10.1. The second-order valence-corrected chi connectivity index (χ2v) is 6.65. The lowest BCUT2D eigenvalue weighted by molar-refractivity contribution is -0.917. The molecule has 3 rings (SSSR count). The summed E-state index contributed by atoms with van der Waals surface area (Å²) in [4.78, 5) is 15.9. The van der Waals surface area contributed by atoms with E-state index in [4.69, 9.17) is 9.47 Å². The Morgan fingerprint density at radius 1 is 1.04 bits per heavy atom. The van der Waals surface area contributed by atoms with Gasteiger partial charge < -0.3 is 19.3 Å². The zero-order valence-electron chi connectivity index (χ0n) is 15.5. The Balaban J connectivity index is 1.53. The molecule has 2 aromatic rings. The number of rotatable bonds is 6. The Labute approximate surface area is 155 Å². The third kappa shape index (κ3) is 4.55. The number of nitrogens with zero attached hydrogens (tertiary/aromatic N) is 1. The maximum Gasteiger partial charge on any atom is 0.227 e. The van der Waals surface area contributed by atoms with Crippen molar-refractivity contribution in [3.63, 3.8) is 0 Å². The molecule has 0 aromatic heterocycles. The first-order valence-electron chi connectivity index (χ1n) is 9.05. The molecule has 26 heavy (non-hydrogen) atoms. The molecule has 1 saturated heterocycles. The predicted octanol–water partition coefficient (Wildman–Crippen LogP) is 1.17. The number of piperazine rings is 1. The molecule has 1 amide bonds. The smallest absolute Gasteiger partial charge is 0.227 e. The van der Waals surface area contributed by atoms with E-state index >= 15 is 0 Å². The maximum absolute atomic E-state index is 12.5. The monoisotopic (exact) mass is 355 g/mol. The van der Waals surface area contributed by atoms with Gasteiger partial charge in [0.05, 0.1) is 46.8 Å². The van der Waals surface area contributed by atoms with E-state index < -0.39 is 0 Å². The van der Waals surface area contributed by atoms with Crippen LogP contribution in [0.15, 0.2) is 48.5 Å². The fourth-order valence-electron chi connectivity index (χ4n) is 3.40. The van der Waals surface area contributed by atoms with Crippen molar-refractivity contribution in [2.75, 3.05) is 40.4 Å². The lowest BCUT2D eigenvalue weighted by Gasteiger charge is -2.32. The minimum atomic E-state index is 0.220. The topological polar surface area (TPSA) is 43.2 Å². The molecule has 0 aliphatic carbocycles. The van der Waals surface area contributed by atoms with E-state index in [-0.39, 0.29) is 5.91 Å². The Hall–Kier alpha value is -2.53. The summed E-state index contributed by atoms with van der Waals surface area (Å²) in [6.07, 6.45) is 0.489. The summed E-state index contributed by atoms with van der Waals surface area (Å²) >= 11 is 0. The molecule has 1 heterocycles. The summed E-state index contributed by atoms with van der Waals surface area (Å²) in [5, 5.41) is 0. The van der Waals surface area contributed by atoms with Crippen LogP contribution in [-0.4, -0.2) is 51.2 Å². The van der Waals surface area contributed by atoms with Crippen molar-refractivity contribution in [1.82, 2.24) is 4.90 Å². The van der Waals surface area contributed by atoms with E-state index in [0.29, 0.717) is 6.42 Å². The first-order valence-corrected chi connectivity index (χ1v) is 9.05. The molecule has 0 bridgehead atoms. The number of carbonyl (C=O) groups excluding carboxylic acids is 1. The van der Waals surface area contributed by atoms with Crippen LogP contribution in [0.1, 0.15) is 11.1 Å². The number of hydrogen-bond acceptors (Lipinski definition) is 3. The number of ether oxygens (including phenoxy) is 2. The average Bonchev–Trinajstić information content (AvgIpc) is 2.69. The zero-order chi connectivity index (χ0) is 18.4. The first-order chi connectivity index (χ1) is 12.7. The van der Waals surface area contributed by atoms with E-state index in [9.17, 15) is 4.79 Å². The number of methoxy groups -OCH3 is 2. The quantitative estimate of drug-likeness (QED) is 0.846. The molecule has 0 radical (unpaired) electrons. The first kappa shape index (κ1) is 18.3. The van der Waals surface area contributed by atoms with Crippen LogP contribution in [-0.2, 0) is 17.8 Å². The molecule has 1 fully saturated rings. The van der Waals surface area contributed by atoms with Crippen LogP contribution in [0.2, 0.25) is 0 Å². The van der Waals surface area contributed by atoms with Gasteiger partial charge in [0.1, 0.15) is 18.0 Å². The summed E-state index contributed by atoms with van der Waals surface area (Å²) in [5.41, 5.74) is 2.25. The van der Waals surface area contributed by atoms with Gasteiger partial charge >= 0.3 is 0 Å². The minimum absolute atomic E-state index is 0.220. The van der Waals surface area contributed by atoms with Gasteiger partial charge in [0.2, 0.25) is 5.91 Å². The second kappa shape index (κ2) is 8.72. The molecule has 1 aliphatic heterocycles. The van der Waals surface area contributed by atoms with Crippen molar-refractivity contribution in [1.29, 1.82) is 0 Å². The maximum atomic E-state index is 12.5. The van der Waals surface area contributed by atoms with Crippen molar-refractivity contribution >= 4 is 5.91 Å². The number of hydrogen-bond donors (Lipinski definition) is 1. The fraction of sp³-hybridized carbons (Fsp3) is 0.381. The second-order valence-electron chi connectivity index (χ2n) is 6.65. The highest BCUT2D eigenvalue weighted by atomic mass is 16.5. The van der Waals surface area contributed by atoms with Crippen LogP contribution < -0.4 is 14.4 Å². The highest BCUT2D eigenvalue weighted by Gasteiger charge is 2.24. The highest BCUT2D eigenvalue weighted by Crippen LogP contribution is 2.23. The van der Waals surface area contributed by atoms with Gasteiger partial charge in [-0.05, 0) is 17.7 Å². The zero-order valence-corrected chi connectivity index (χ0v) is 15.5. The van der Waals surface area contributed by atoms with Gasteiger partial charge in [-0.2, -0.15) is 0 Å². The van der Waals surface area contributed by atoms with E-state index in [1.807, 2.05) is 47.4 Å². The molecule has 5 heteroatoms. The van der Waals surface area contributed by atoms with E-state index in [0.717, 1.165) is 49.8 Å². The molecular weight excluding hydrogens is 328 g/mol. The van der Waals surface area contributed by atoms with Crippen LogP contribution in [0.25, 0.3) is 0 Å². The number of carbonyl (C=O) groups is 1. The molecule has 138 valence electrons. The number of benzene rings is 2. The van der Waals surface area contributed by atoms with Gasteiger partial charge in [-0.15, -0.1) is 0 Å². The van der Waals surface area contributed by atoms with Gasteiger partial charge in [0.15, 0.2) is 0 Å². The SMILES string of the molecule is COc1ccc(C[NH+]2CCN(C(=O)Cc3ccccc3)CC2)c(OC)c1. The molecule has 0 saturated carbocycles. The predicted molar refractivity (Wildman–Crippen MR) is 101 cm³/mol. The third-order valence-electron chi connectivity index (χ3n) is 4.96. The molecule has 2 aromatic carbocycles. The van der Waals surface area contributed by atoms with Crippen LogP contribution in [0, 0.1) is 0 Å². The molecule has 0 unspecified atom stereocenters. The molecular formula is C21H27N2O3+. The van der Waals surface area contributed by atoms with E-state index in [1.165, 1.54) is 10.5 Å². The van der Waals surface area contributed by atoms with Crippen LogP contribution in [0.3, 0.4) is 0 Å². The van der Waals surface area contributed by atoms with Crippen molar-refractivity contribution in [3.8, 4) is 11.5 Å². The third-order valence-corrected chi connectivity index (χ3v) is 4.96. The molecule has 1 N–H and O–H groups in total. The average molecular weight is 355 g/mol. The van der Waals surface area contributed by atoms with E-state index in [2.05, 4.69) is 6.07 Å². The van der Waals surface area contributed by atoms with Gasteiger partial charge in [-0.25, -0.2) is 0 Å². The Kier molecular flexibility index (Phi) is 6.12. The Morgan fingerprint density at radius 2 is 1.77 bits per heavy atom. The van der Waals surface area contributed by atoms with Crippen molar-refractivity contribution in [2.24, 2.45) is 0 Å². The van der Waals surface area contributed by atoms with Gasteiger partial charge in [-0.1, -0.05) is 30.3 Å². The van der Waals surface area contributed by atoms with Crippen LogP contribution in [0.4, 0.5) is 0 Å². The number of amides is 1. The summed E-state index contributed by atoms with van der Waals surface area (Å²) in [6.45, 7) is 4.41. The molecule has 1 aliphatic rings. The Bertz CT molecular complexity index is 725. The van der Waals surface area contributed by atoms with Crippen molar-refractivity contribution in [3.05, 3.63) is 59.7 Å². The standard InChI is InChI=1S/C21H26N2O3/c1-25-19-9-8-18(20(15-19)26-2)16-22-10-12-23(13-11-22)21(24)14-17-6-4-3-5-7-17/h3-9,15H,10-14,16H2,1-2H3/p+1. The Morgan fingerprint density at radius 3 is 2.42 bits per heavy atom. The van der Waals surface area contributed by atoms with Crippen LogP contribution in [0.5, 0.6) is 11.5 Å². The van der Waals surface area contributed by atoms with Crippen molar-refractivity contribution in [2.45, 2.75) is 13.0 Å². The number of nitrogens with one attached hydrogen (secondary N) is 1. The molecule has 0 atom stereocenters. The fourth-order valence-corrected chi connectivity index (χ4v) is 3.40. The highest BCUT2D eigenvalue weighted by molar-refractivity contribution is 5.78. The summed E-state index contributed by atoms with van der Waals surface area (Å²) in [7, 11) is 3.35. The summed E-state index contributed by atoms with van der Waals surface area (Å²) < 4.78 is 10.8. The molecule has 5 nitrogen and oxygen atoms in total. The van der Waals surface area contributed by atoms with E-state index in [1.54, 1.807) is 14.2 Å². The lowest BCUT2D eigenvalue weighted by Crippen LogP contribution is -3.13. The molecule has 0 spiro atoms. The van der Waals surface area contributed by atoms with Gasteiger partial charge in [-0.3, -0.25) is 4.79 Å². The van der Waals surface area contributed by atoms with Crippen molar-refractivity contribution < 1.29 is 19.2 Å². The van der Waals surface area contributed by atoms with Gasteiger partial charge in [0.25, 0.3) is 0 Å². The largest absolute Gasteiger partial charge is 0.497 e. The minimum Gasteiger partial charge on any atom is -0.497 e. The summed E-state index contributed by atoms with van der Waals surface area (Å²) in [6, 6.07) is 15.9. The normalized spacial score (nSPS) is 14.9. The van der Waals surface area contributed by atoms with Gasteiger partial charge in [0, 0.05) is 11.6 Å².